The van der Waals surface area contributed by atoms with Crippen LogP contribution in [0.1, 0.15) is 35.8 Å². The summed E-state index contributed by atoms with van der Waals surface area (Å²) in [5.74, 6) is 0.754. The number of fused-ring (bicyclic) bond motifs is 1. The number of aliphatic hydroxyl groups excluding tert-OH is 1. The van der Waals surface area contributed by atoms with E-state index < -0.39 is 6.10 Å². The molecule has 10 heteroatoms. The third-order valence-corrected chi connectivity index (χ3v) is 6.41. The molecule has 3 atom stereocenters. The Kier molecular flexibility index (Phi) is 6.12. The molecule has 1 fully saturated rings. The molecule has 0 spiro atoms. The van der Waals surface area contributed by atoms with E-state index in [1.807, 2.05) is 42.7 Å². The molecule has 0 saturated heterocycles. The lowest BCUT2D eigenvalue weighted by Crippen LogP contribution is -2.25. The maximum Gasteiger partial charge on any atom is 0.223 e. The Morgan fingerprint density at radius 3 is 2.80 bits per heavy atom. The molecule has 1 aliphatic carbocycles. The lowest BCUT2D eigenvalue weighted by Gasteiger charge is -2.17. The smallest absolute Gasteiger partial charge is 0.223 e. The molecule has 0 unspecified atom stereocenters. The van der Waals surface area contributed by atoms with Crippen LogP contribution in [0, 0.1) is 19.8 Å². The van der Waals surface area contributed by atoms with Crippen LogP contribution in [0.5, 0.6) is 0 Å². The molecule has 5 rings (SSSR count). The normalized spacial score (nSPS) is 19.7. The number of imidazole rings is 1. The Morgan fingerprint density at radius 2 is 2.03 bits per heavy atom. The van der Waals surface area contributed by atoms with Gasteiger partial charge in [-0.2, -0.15) is 0 Å². The summed E-state index contributed by atoms with van der Waals surface area (Å²) in [6.07, 6.45) is 5.41. The van der Waals surface area contributed by atoms with E-state index in [0.717, 1.165) is 22.5 Å². The van der Waals surface area contributed by atoms with Crippen LogP contribution in [0.4, 0.5) is 5.82 Å². The molecule has 180 valence electrons. The maximum absolute atomic E-state index is 12.2. The number of hydrogen-bond acceptors (Lipinski definition) is 8. The van der Waals surface area contributed by atoms with E-state index in [-0.39, 0.29) is 17.9 Å². The van der Waals surface area contributed by atoms with Crippen LogP contribution in [0.25, 0.3) is 22.6 Å². The first-order chi connectivity index (χ1) is 16.9. The van der Waals surface area contributed by atoms with Gasteiger partial charge in [0.05, 0.1) is 30.7 Å². The Balaban J connectivity index is 1.57. The van der Waals surface area contributed by atoms with Crippen LogP contribution in [0.2, 0.25) is 0 Å². The van der Waals surface area contributed by atoms with Crippen LogP contribution in [-0.4, -0.2) is 53.7 Å². The van der Waals surface area contributed by atoms with Crippen molar-refractivity contribution in [3.63, 3.8) is 0 Å². The van der Waals surface area contributed by atoms with Crippen molar-refractivity contribution >= 4 is 22.9 Å². The van der Waals surface area contributed by atoms with Gasteiger partial charge in [-0.25, -0.2) is 15.0 Å². The first-order valence-electron chi connectivity index (χ1n) is 11.7. The molecule has 4 heterocycles. The van der Waals surface area contributed by atoms with E-state index >= 15 is 0 Å². The Bertz CT molecular complexity index is 1390. The number of aliphatic hydroxyl groups is 1. The number of rotatable bonds is 6. The minimum atomic E-state index is -0.679. The number of aromatic nitrogens is 6. The molecule has 10 nitrogen and oxygen atoms in total. The summed E-state index contributed by atoms with van der Waals surface area (Å²) in [6.45, 7) is 4.39. The maximum atomic E-state index is 12.2. The van der Waals surface area contributed by atoms with Gasteiger partial charge >= 0.3 is 0 Å². The van der Waals surface area contributed by atoms with Gasteiger partial charge in [-0.3, -0.25) is 14.8 Å². The number of amides is 1. The van der Waals surface area contributed by atoms with Gasteiger partial charge < -0.3 is 20.3 Å². The highest BCUT2D eigenvalue weighted by Crippen LogP contribution is 2.37. The van der Waals surface area contributed by atoms with Crippen molar-refractivity contribution in [1.82, 2.24) is 34.8 Å². The number of nitrogens with zero attached hydrogens (tertiary/aromatic N) is 6. The topological polar surface area (TPSA) is 131 Å². The fourth-order valence-electron chi connectivity index (χ4n) is 4.67. The highest BCUT2D eigenvalue weighted by Gasteiger charge is 2.38. The van der Waals surface area contributed by atoms with E-state index in [9.17, 15) is 9.90 Å². The van der Waals surface area contributed by atoms with Crippen LogP contribution >= 0.6 is 0 Å². The van der Waals surface area contributed by atoms with Crippen molar-refractivity contribution in [3.8, 4) is 11.4 Å². The van der Waals surface area contributed by atoms with Crippen molar-refractivity contribution in [3.05, 3.63) is 59.9 Å². The zero-order chi connectivity index (χ0) is 24.5. The second-order valence-electron chi connectivity index (χ2n) is 9.01. The third kappa shape index (κ3) is 4.57. The third-order valence-electron chi connectivity index (χ3n) is 6.41. The van der Waals surface area contributed by atoms with Crippen LogP contribution in [-0.2, 0) is 11.3 Å². The summed E-state index contributed by atoms with van der Waals surface area (Å²) in [6, 6.07) is 7.54. The minimum Gasteiger partial charge on any atom is -0.391 e. The molecule has 3 N–H and O–H groups in total. The summed E-state index contributed by atoms with van der Waals surface area (Å²) in [7, 11) is 1.62. The number of carbonyl (C=O) groups is 1. The predicted octanol–water partition coefficient (Wildman–Crippen LogP) is 2.57. The number of anilines is 1. The molecule has 0 radical (unpaired) electrons. The SMILES string of the molecule is CNC(=O)[C@@H]1C[C@@H](O)[C@H](n2cnc3c(NCc4cccc(C)n4)nc(-c4cncc(C)c4)nc32)C1. The zero-order valence-electron chi connectivity index (χ0n) is 19.9. The highest BCUT2D eigenvalue weighted by atomic mass is 16.3. The van der Waals surface area contributed by atoms with Gasteiger partial charge in [-0.05, 0) is 50.5 Å². The molecule has 0 aromatic carbocycles. The molecule has 1 saturated carbocycles. The minimum absolute atomic E-state index is 0.0647. The van der Waals surface area contributed by atoms with Crippen molar-refractivity contribution in [2.24, 2.45) is 5.92 Å². The lowest BCUT2D eigenvalue weighted by atomic mass is 10.1. The van der Waals surface area contributed by atoms with Crippen molar-refractivity contribution in [1.29, 1.82) is 0 Å². The van der Waals surface area contributed by atoms with E-state index in [1.165, 1.54) is 0 Å². The second-order valence-corrected chi connectivity index (χ2v) is 9.01. The van der Waals surface area contributed by atoms with Gasteiger partial charge in [0.1, 0.15) is 5.52 Å². The van der Waals surface area contributed by atoms with E-state index in [2.05, 4.69) is 25.6 Å². The number of pyridine rings is 2. The Labute approximate surface area is 202 Å². The van der Waals surface area contributed by atoms with Gasteiger partial charge in [0, 0.05) is 36.6 Å². The van der Waals surface area contributed by atoms with Crippen molar-refractivity contribution in [2.45, 2.75) is 45.4 Å². The second kappa shape index (κ2) is 9.38. The van der Waals surface area contributed by atoms with Gasteiger partial charge in [0.2, 0.25) is 5.91 Å². The van der Waals surface area contributed by atoms with Crippen molar-refractivity contribution < 1.29 is 9.90 Å². The fourth-order valence-corrected chi connectivity index (χ4v) is 4.67. The molecular formula is C25H28N8O2. The molecule has 0 bridgehead atoms. The fraction of sp³-hybridized carbons (Fsp3) is 0.360. The Morgan fingerprint density at radius 1 is 1.17 bits per heavy atom. The van der Waals surface area contributed by atoms with Crippen LogP contribution in [0.15, 0.2) is 43.0 Å². The number of nitrogens with one attached hydrogen (secondary N) is 2. The van der Waals surface area contributed by atoms with Gasteiger partial charge in [0.15, 0.2) is 17.3 Å². The molecule has 1 aliphatic rings. The van der Waals surface area contributed by atoms with Gasteiger partial charge in [-0.15, -0.1) is 0 Å². The quantitative estimate of drug-likeness (QED) is 0.390. The predicted molar refractivity (Wildman–Crippen MR) is 131 cm³/mol. The first-order valence-corrected chi connectivity index (χ1v) is 11.7. The summed E-state index contributed by atoms with van der Waals surface area (Å²) >= 11 is 0. The number of aryl methyl sites for hydroxylation is 2. The number of carbonyl (C=O) groups excluding carboxylic acids is 1. The largest absolute Gasteiger partial charge is 0.391 e. The van der Waals surface area contributed by atoms with E-state index in [0.29, 0.717) is 42.2 Å². The van der Waals surface area contributed by atoms with E-state index in [1.54, 1.807) is 25.8 Å². The Hall–Kier alpha value is -3.92. The summed E-state index contributed by atoms with van der Waals surface area (Å²) in [4.78, 5) is 35.3. The zero-order valence-corrected chi connectivity index (χ0v) is 19.9. The molecule has 1 amide bonds. The molecule has 35 heavy (non-hydrogen) atoms. The highest BCUT2D eigenvalue weighted by molar-refractivity contribution is 5.85. The molecule has 0 aliphatic heterocycles. The standard InChI is InChI=1S/C25H28N8O2/c1-14-7-17(11-27-10-14)22-31-23(28-12-18-6-4-5-15(2)30-18)21-24(32-22)33(13-29-21)19-8-16(9-20(19)34)25(35)26-3/h4-7,10-11,13,16,19-20,34H,8-9,12H2,1-3H3,(H,26,35)(H,28,31,32)/t16-,19+,20+/m0/s1. The first kappa shape index (κ1) is 22.9. The van der Waals surface area contributed by atoms with Gasteiger partial charge in [-0.1, -0.05) is 6.07 Å². The molecule has 4 aromatic rings. The summed E-state index contributed by atoms with van der Waals surface area (Å²) in [5, 5.41) is 16.9. The van der Waals surface area contributed by atoms with Crippen LogP contribution < -0.4 is 10.6 Å². The van der Waals surface area contributed by atoms with Crippen molar-refractivity contribution in [2.75, 3.05) is 12.4 Å². The molecule has 4 aromatic heterocycles. The summed E-state index contributed by atoms with van der Waals surface area (Å²) < 4.78 is 1.87. The monoisotopic (exact) mass is 472 g/mol. The van der Waals surface area contributed by atoms with Crippen LogP contribution in [0.3, 0.4) is 0 Å². The average molecular weight is 473 g/mol. The lowest BCUT2D eigenvalue weighted by molar-refractivity contribution is -0.124. The molecular weight excluding hydrogens is 444 g/mol. The summed E-state index contributed by atoms with van der Waals surface area (Å²) in [5.41, 5.74) is 4.79. The van der Waals surface area contributed by atoms with Gasteiger partial charge in [0.25, 0.3) is 0 Å². The average Bonchev–Trinajstić information content (AvgIpc) is 3.45. The van der Waals surface area contributed by atoms with E-state index in [4.69, 9.17) is 9.97 Å². The number of hydrogen-bond donors (Lipinski definition) is 3.